The lowest BCUT2D eigenvalue weighted by molar-refractivity contribution is -0.114. The Morgan fingerprint density at radius 3 is 1.68 bits per heavy atom. The smallest absolute Gasteiger partial charge is 0.335 e. The lowest BCUT2D eigenvalue weighted by Gasteiger charge is -2.13. The van der Waals surface area contributed by atoms with E-state index in [-0.39, 0.29) is 16.8 Å². The second kappa shape index (κ2) is 6.02. The first-order valence-corrected chi connectivity index (χ1v) is 6.99. The van der Waals surface area contributed by atoms with E-state index in [9.17, 15) is 14.4 Å². The summed E-state index contributed by atoms with van der Waals surface area (Å²) >= 11 is 8.95. The molecule has 0 saturated heterocycles. The molecule has 0 heterocycles. The summed E-state index contributed by atoms with van der Waals surface area (Å²) in [5.41, 5.74) is -0.413. The minimum Gasteiger partial charge on any atom is -0.478 e. The van der Waals surface area contributed by atoms with Gasteiger partial charge >= 0.3 is 11.9 Å². The summed E-state index contributed by atoms with van der Waals surface area (Å²) in [5.74, 6) is -3.16. The van der Waals surface area contributed by atoms with Gasteiger partial charge in [0.05, 0.1) is 11.1 Å². The molecule has 0 unspecified atom stereocenters. The molecule has 0 aromatic heterocycles. The van der Waals surface area contributed by atoms with E-state index in [0.717, 1.165) is 18.2 Å². The number of carboxylic acids is 2. The van der Waals surface area contributed by atoms with E-state index >= 15 is 0 Å². The Kier molecular flexibility index (Phi) is 5.11. The number of hydrogen-bond acceptors (Lipinski definition) is 3. The second-order valence-corrected chi connectivity index (χ2v) is 10.1. The maximum atomic E-state index is 11.6. The van der Waals surface area contributed by atoms with Crippen LogP contribution in [0.2, 0.25) is 0 Å². The third-order valence-electron chi connectivity index (χ3n) is 1.94. The van der Waals surface area contributed by atoms with Gasteiger partial charge in [-0.15, -0.1) is 0 Å². The molecule has 0 spiro atoms. The fourth-order valence-electron chi connectivity index (χ4n) is 1.15. The van der Waals surface area contributed by atoms with Crippen LogP contribution in [0.5, 0.6) is 0 Å². The van der Waals surface area contributed by atoms with Crippen LogP contribution in [0, 0.1) is 0 Å². The fourth-order valence-corrected chi connectivity index (χ4v) is 1.45. The number of halogens is 3. The van der Waals surface area contributed by atoms with Gasteiger partial charge in [-0.1, -0.05) is 0 Å². The Morgan fingerprint density at radius 1 is 0.947 bits per heavy atom. The topological polar surface area (TPSA) is 104 Å². The molecule has 0 saturated carbocycles. The van der Waals surface area contributed by atoms with E-state index in [4.69, 9.17) is 10.2 Å². The average Bonchev–Trinajstić information content (AvgIpc) is 2.27. The summed E-state index contributed by atoms with van der Waals surface area (Å²) in [7, 11) is 0. The summed E-state index contributed by atoms with van der Waals surface area (Å²) in [6.07, 6.45) is 0. The molecule has 1 rings (SSSR count). The summed E-state index contributed by atoms with van der Waals surface area (Å²) in [6.45, 7) is 0. The Labute approximate surface area is 132 Å². The van der Waals surface area contributed by atoms with Crippen LogP contribution in [-0.2, 0) is 4.79 Å². The molecule has 0 aliphatic heterocycles. The highest BCUT2D eigenvalue weighted by Crippen LogP contribution is 2.34. The van der Waals surface area contributed by atoms with Crippen LogP contribution in [0.3, 0.4) is 0 Å². The number of amides is 1. The predicted molar refractivity (Wildman–Crippen MR) is 78.5 cm³/mol. The number of carboxylic acid groups (broad SMARTS) is 2. The van der Waals surface area contributed by atoms with Crippen molar-refractivity contribution in [3.8, 4) is 0 Å². The molecule has 0 aliphatic carbocycles. The molecular weight excluding hydrogens is 454 g/mol. The Hall–Kier alpha value is -0.930. The molecule has 0 bridgehead atoms. The molecular formula is C10H6Br3NO5. The molecule has 6 nitrogen and oxygen atoms in total. The lowest BCUT2D eigenvalue weighted by Crippen LogP contribution is -2.25. The fraction of sp³-hybridized carbons (Fsp3) is 0.100. The maximum absolute atomic E-state index is 11.6. The van der Waals surface area contributed by atoms with E-state index in [1.807, 2.05) is 0 Å². The maximum Gasteiger partial charge on any atom is 0.335 e. The van der Waals surface area contributed by atoms with Crippen LogP contribution in [-0.4, -0.2) is 30.2 Å². The van der Waals surface area contributed by atoms with Gasteiger partial charge in [-0.3, -0.25) is 4.79 Å². The summed E-state index contributed by atoms with van der Waals surface area (Å²) in [5, 5.41) is 20.1. The van der Waals surface area contributed by atoms with Gasteiger partial charge in [0.15, 0.2) is 0 Å². The average molecular weight is 460 g/mol. The summed E-state index contributed by atoms with van der Waals surface area (Å²) in [6, 6.07) is 3.32. The largest absolute Gasteiger partial charge is 0.478 e. The number of carbonyl (C=O) groups excluding carboxylic acids is 1. The highest BCUT2D eigenvalue weighted by atomic mass is 80.0. The zero-order valence-electron chi connectivity index (χ0n) is 8.99. The number of anilines is 1. The summed E-state index contributed by atoms with van der Waals surface area (Å²) < 4.78 is -1.23. The van der Waals surface area contributed by atoms with Crippen LogP contribution in [0.4, 0.5) is 5.69 Å². The van der Waals surface area contributed by atoms with Gasteiger partial charge in [-0.25, -0.2) is 9.59 Å². The molecule has 1 amide bonds. The molecule has 0 aliphatic rings. The standard InChI is InChI=1S/C10H6Br3NO5/c11-10(12,13)9(19)14-6-2-4(7(15)16)1-5(3-6)8(17)18/h1-3H,(H,14,19)(H,15,16)(H,17,18). The number of benzene rings is 1. The van der Waals surface area contributed by atoms with Crippen molar-refractivity contribution in [2.24, 2.45) is 0 Å². The van der Waals surface area contributed by atoms with Gasteiger partial charge in [-0.05, 0) is 66.0 Å². The number of aromatic carboxylic acids is 2. The van der Waals surface area contributed by atoms with Gasteiger partial charge in [0.2, 0.25) is 2.14 Å². The van der Waals surface area contributed by atoms with E-state index in [0.29, 0.717) is 0 Å². The molecule has 102 valence electrons. The van der Waals surface area contributed by atoms with Crippen molar-refractivity contribution < 1.29 is 24.6 Å². The van der Waals surface area contributed by atoms with Crippen LogP contribution < -0.4 is 5.32 Å². The molecule has 3 N–H and O–H groups in total. The minimum absolute atomic E-state index is 0.0602. The number of nitrogens with one attached hydrogen (secondary N) is 1. The monoisotopic (exact) mass is 457 g/mol. The molecule has 0 fully saturated rings. The number of alkyl halides is 3. The predicted octanol–water partition coefficient (Wildman–Crippen LogP) is 2.86. The third kappa shape index (κ3) is 4.59. The Morgan fingerprint density at radius 2 is 1.37 bits per heavy atom. The summed E-state index contributed by atoms with van der Waals surface area (Å²) in [4.78, 5) is 33.4. The molecule has 19 heavy (non-hydrogen) atoms. The van der Waals surface area contributed by atoms with Crippen molar-refractivity contribution in [1.29, 1.82) is 0 Å². The van der Waals surface area contributed by atoms with Gasteiger partial charge < -0.3 is 15.5 Å². The highest BCUT2D eigenvalue weighted by molar-refractivity contribution is 9.40. The van der Waals surface area contributed by atoms with E-state index < -0.39 is 20.0 Å². The van der Waals surface area contributed by atoms with E-state index in [1.165, 1.54) is 0 Å². The van der Waals surface area contributed by atoms with Crippen LogP contribution in [0.1, 0.15) is 20.7 Å². The zero-order chi connectivity index (χ0) is 14.8. The Balaban J connectivity index is 3.17. The van der Waals surface area contributed by atoms with Gasteiger partial charge in [0.25, 0.3) is 5.91 Å². The first-order valence-electron chi connectivity index (χ1n) is 4.61. The number of hydrogen-bond donors (Lipinski definition) is 3. The third-order valence-corrected chi connectivity index (χ3v) is 3.02. The second-order valence-electron chi connectivity index (χ2n) is 3.36. The van der Waals surface area contributed by atoms with Crippen molar-refractivity contribution in [3.63, 3.8) is 0 Å². The van der Waals surface area contributed by atoms with Crippen molar-refractivity contribution in [3.05, 3.63) is 29.3 Å². The van der Waals surface area contributed by atoms with Crippen molar-refractivity contribution in [2.45, 2.75) is 2.14 Å². The van der Waals surface area contributed by atoms with Gasteiger partial charge in [-0.2, -0.15) is 0 Å². The molecule has 0 radical (unpaired) electrons. The number of rotatable bonds is 3. The first-order chi connectivity index (χ1) is 8.61. The van der Waals surface area contributed by atoms with Crippen LogP contribution in [0.15, 0.2) is 18.2 Å². The van der Waals surface area contributed by atoms with Crippen molar-refractivity contribution >= 4 is 71.3 Å². The highest BCUT2D eigenvalue weighted by Gasteiger charge is 2.28. The lowest BCUT2D eigenvalue weighted by atomic mass is 10.1. The molecule has 9 heteroatoms. The zero-order valence-corrected chi connectivity index (χ0v) is 13.7. The minimum atomic E-state index is -1.29. The molecule has 0 atom stereocenters. The van der Waals surface area contributed by atoms with Crippen LogP contribution >= 0.6 is 47.8 Å². The van der Waals surface area contributed by atoms with E-state index in [1.54, 1.807) is 0 Å². The normalized spacial score (nSPS) is 10.9. The van der Waals surface area contributed by atoms with Gasteiger partial charge in [0, 0.05) is 5.69 Å². The molecule has 1 aromatic carbocycles. The Bertz CT molecular complexity index is 520. The van der Waals surface area contributed by atoms with Crippen molar-refractivity contribution in [1.82, 2.24) is 0 Å². The van der Waals surface area contributed by atoms with Crippen molar-refractivity contribution in [2.75, 3.05) is 5.32 Å². The quantitative estimate of drug-likeness (QED) is 0.603. The van der Waals surface area contributed by atoms with E-state index in [2.05, 4.69) is 53.1 Å². The number of carbonyl (C=O) groups is 3. The first kappa shape index (κ1) is 16.1. The van der Waals surface area contributed by atoms with Crippen LogP contribution in [0.25, 0.3) is 0 Å². The SMILES string of the molecule is O=C(O)c1cc(NC(=O)C(Br)(Br)Br)cc(C(=O)O)c1. The van der Waals surface area contributed by atoms with Gasteiger partial charge in [0.1, 0.15) is 0 Å². The molecule has 1 aromatic rings.